The SMILES string of the molecule is COc1cc(-c2nc3cc(C(C)(C)C)ccc3o2)ccc1O. The summed E-state index contributed by atoms with van der Waals surface area (Å²) in [6, 6.07) is 11.1. The first-order chi connectivity index (χ1) is 10.4. The van der Waals surface area contributed by atoms with Crippen LogP contribution in [-0.4, -0.2) is 17.2 Å². The number of benzene rings is 2. The highest BCUT2D eigenvalue weighted by Crippen LogP contribution is 2.33. The Morgan fingerprint density at radius 1 is 1.09 bits per heavy atom. The molecule has 0 spiro atoms. The van der Waals surface area contributed by atoms with Crippen LogP contribution >= 0.6 is 0 Å². The molecule has 22 heavy (non-hydrogen) atoms. The quantitative estimate of drug-likeness (QED) is 0.756. The molecular formula is C18H19NO3. The summed E-state index contributed by atoms with van der Waals surface area (Å²) in [6.45, 7) is 6.50. The molecule has 0 radical (unpaired) electrons. The number of hydrogen-bond acceptors (Lipinski definition) is 4. The van der Waals surface area contributed by atoms with Gasteiger partial charge in [-0.25, -0.2) is 4.98 Å². The normalized spacial score (nSPS) is 11.8. The largest absolute Gasteiger partial charge is 0.504 e. The molecule has 1 heterocycles. The molecule has 3 aromatic rings. The smallest absolute Gasteiger partial charge is 0.227 e. The summed E-state index contributed by atoms with van der Waals surface area (Å²) >= 11 is 0. The van der Waals surface area contributed by atoms with Crippen molar-refractivity contribution < 1.29 is 14.3 Å². The molecule has 0 aliphatic carbocycles. The number of ether oxygens (including phenoxy) is 1. The van der Waals surface area contributed by atoms with Crippen LogP contribution in [0.25, 0.3) is 22.6 Å². The lowest BCUT2D eigenvalue weighted by molar-refractivity contribution is 0.373. The summed E-state index contributed by atoms with van der Waals surface area (Å²) in [5.74, 6) is 1.01. The molecule has 1 aromatic heterocycles. The number of rotatable bonds is 2. The Morgan fingerprint density at radius 3 is 2.55 bits per heavy atom. The van der Waals surface area contributed by atoms with E-state index in [9.17, 15) is 5.11 Å². The second-order valence-electron chi connectivity index (χ2n) is 6.34. The van der Waals surface area contributed by atoms with Crippen LogP contribution in [0, 0.1) is 0 Å². The highest BCUT2D eigenvalue weighted by Gasteiger charge is 2.16. The first-order valence-corrected chi connectivity index (χ1v) is 7.17. The number of methoxy groups -OCH3 is 1. The number of nitrogens with zero attached hydrogens (tertiary/aromatic N) is 1. The molecule has 3 rings (SSSR count). The highest BCUT2D eigenvalue weighted by molar-refractivity contribution is 5.77. The van der Waals surface area contributed by atoms with Crippen molar-refractivity contribution in [3.63, 3.8) is 0 Å². The second-order valence-corrected chi connectivity index (χ2v) is 6.34. The standard InChI is InChI=1S/C18H19NO3/c1-18(2,3)12-6-8-15-13(10-12)19-17(22-15)11-5-7-14(20)16(9-11)21-4/h5-10,20H,1-4H3. The zero-order valence-corrected chi connectivity index (χ0v) is 13.2. The summed E-state index contributed by atoms with van der Waals surface area (Å²) in [5.41, 5.74) is 3.62. The molecule has 0 amide bonds. The van der Waals surface area contributed by atoms with Crippen molar-refractivity contribution in [1.82, 2.24) is 4.98 Å². The lowest BCUT2D eigenvalue weighted by Gasteiger charge is -2.18. The number of phenols is 1. The molecule has 4 heteroatoms. The van der Waals surface area contributed by atoms with E-state index in [1.165, 1.54) is 12.7 Å². The molecule has 1 N–H and O–H groups in total. The van der Waals surface area contributed by atoms with Gasteiger partial charge in [-0.2, -0.15) is 0 Å². The summed E-state index contributed by atoms with van der Waals surface area (Å²) in [6.07, 6.45) is 0. The van der Waals surface area contributed by atoms with Gasteiger partial charge in [0.25, 0.3) is 0 Å². The van der Waals surface area contributed by atoms with E-state index >= 15 is 0 Å². The summed E-state index contributed by atoms with van der Waals surface area (Å²) in [5, 5.41) is 9.67. The molecule has 114 valence electrons. The van der Waals surface area contributed by atoms with Gasteiger partial charge < -0.3 is 14.3 Å². The zero-order chi connectivity index (χ0) is 15.9. The molecule has 0 bridgehead atoms. The molecule has 0 saturated carbocycles. The van der Waals surface area contributed by atoms with E-state index in [1.54, 1.807) is 18.2 Å². The summed E-state index contributed by atoms with van der Waals surface area (Å²) < 4.78 is 10.9. The fraction of sp³-hybridized carbons (Fsp3) is 0.278. The van der Waals surface area contributed by atoms with Gasteiger partial charge in [0.2, 0.25) is 5.89 Å². The van der Waals surface area contributed by atoms with Crippen LogP contribution in [0.3, 0.4) is 0 Å². The van der Waals surface area contributed by atoms with E-state index in [4.69, 9.17) is 9.15 Å². The molecule has 0 unspecified atom stereocenters. The molecule has 4 nitrogen and oxygen atoms in total. The molecule has 0 atom stereocenters. The third-order valence-corrected chi connectivity index (χ3v) is 3.68. The van der Waals surface area contributed by atoms with Gasteiger partial charge in [-0.3, -0.25) is 0 Å². The van der Waals surface area contributed by atoms with Crippen molar-refractivity contribution in [2.24, 2.45) is 0 Å². The summed E-state index contributed by atoms with van der Waals surface area (Å²) in [4.78, 5) is 4.56. The topological polar surface area (TPSA) is 55.5 Å². The average Bonchev–Trinajstić information content (AvgIpc) is 2.89. The van der Waals surface area contributed by atoms with Crippen molar-refractivity contribution in [2.75, 3.05) is 7.11 Å². The van der Waals surface area contributed by atoms with Crippen LogP contribution in [-0.2, 0) is 5.41 Å². The van der Waals surface area contributed by atoms with Gasteiger partial charge in [-0.1, -0.05) is 26.8 Å². The van der Waals surface area contributed by atoms with Crippen molar-refractivity contribution in [3.8, 4) is 23.0 Å². The Morgan fingerprint density at radius 2 is 1.86 bits per heavy atom. The second kappa shape index (κ2) is 5.05. The number of oxazole rings is 1. The number of aromatic hydroxyl groups is 1. The third-order valence-electron chi connectivity index (χ3n) is 3.68. The molecule has 0 aliphatic rings. The fourth-order valence-electron chi connectivity index (χ4n) is 2.33. The Hall–Kier alpha value is -2.49. The zero-order valence-electron chi connectivity index (χ0n) is 13.2. The molecule has 0 saturated heterocycles. The molecule has 0 aliphatic heterocycles. The van der Waals surface area contributed by atoms with Crippen molar-refractivity contribution >= 4 is 11.1 Å². The maximum atomic E-state index is 9.67. The van der Waals surface area contributed by atoms with E-state index in [0.717, 1.165) is 16.7 Å². The van der Waals surface area contributed by atoms with Crippen molar-refractivity contribution in [1.29, 1.82) is 0 Å². The maximum Gasteiger partial charge on any atom is 0.227 e. The van der Waals surface area contributed by atoms with Gasteiger partial charge in [-0.15, -0.1) is 0 Å². The van der Waals surface area contributed by atoms with Crippen LogP contribution in [0.15, 0.2) is 40.8 Å². The van der Waals surface area contributed by atoms with Crippen LogP contribution in [0.4, 0.5) is 0 Å². The minimum atomic E-state index is 0.0645. The Labute approximate surface area is 129 Å². The van der Waals surface area contributed by atoms with Gasteiger partial charge in [0, 0.05) is 5.56 Å². The van der Waals surface area contributed by atoms with Crippen LogP contribution in [0.1, 0.15) is 26.3 Å². The molecule has 2 aromatic carbocycles. The number of hydrogen-bond donors (Lipinski definition) is 1. The van der Waals surface area contributed by atoms with Gasteiger partial charge in [0.15, 0.2) is 17.1 Å². The third kappa shape index (κ3) is 2.52. The minimum Gasteiger partial charge on any atom is -0.504 e. The van der Waals surface area contributed by atoms with Gasteiger partial charge in [0.05, 0.1) is 7.11 Å². The van der Waals surface area contributed by atoms with E-state index in [0.29, 0.717) is 11.6 Å². The molecular weight excluding hydrogens is 278 g/mol. The molecule has 0 fully saturated rings. The number of aromatic nitrogens is 1. The van der Waals surface area contributed by atoms with E-state index < -0.39 is 0 Å². The summed E-state index contributed by atoms with van der Waals surface area (Å²) in [7, 11) is 1.51. The first kappa shape index (κ1) is 14.4. The fourth-order valence-corrected chi connectivity index (χ4v) is 2.33. The predicted octanol–water partition coefficient (Wildman–Crippen LogP) is 4.51. The van der Waals surface area contributed by atoms with E-state index in [1.807, 2.05) is 6.07 Å². The van der Waals surface area contributed by atoms with Gasteiger partial charge >= 0.3 is 0 Å². The number of phenolic OH excluding ortho intramolecular Hbond substituents is 1. The van der Waals surface area contributed by atoms with Crippen LogP contribution in [0.2, 0.25) is 0 Å². The van der Waals surface area contributed by atoms with Crippen LogP contribution in [0.5, 0.6) is 11.5 Å². The monoisotopic (exact) mass is 297 g/mol. The van der Waals surface area contributed by atoms with Gasteiger partial charge in [-0.05, 0) is 41.3 Å². The first-order valence-electron chi connectivity index (χ1n) is 7.17. The minimum absolute atomic E-state index is 0.0645. The van der Waals surface area contributed by atoms with E-state index in [-0.39, 0.29) is 11.2 Å². The average molecular weight is 297 g/mol. The Bertz CT molecular complexity index is 828. The van der Waals surface area contributed by atoms with Crippen LogP contribution < -0.4 is 4.74 Å². The van der Waals surface area contributed by atoms with E-state index in [2.05, 4.69) is 37.9 Å². The van der Waals surface area contributed by atoms with Gasteiger partial charge in [0.1, 0.15) is 5.52 Å². The van der Waals surface area contributed by atoms with Crippen molar-refractivity contribution in [3.05, 3.63) is 42.0 Å². The lowest BCUT2D eigenvalue weighted by Crippen LogP contribution is -2.10. The maximum absolute atomic E-state index is 9.67. The Balaban J connectivity index is 2.09. The number of fused-ring (bicyclic) bond motifs is 1. The Kier molecular flexibility index (Phi) is 3.32. The highest BCUT2D eigenvalue weighted by atomic mass is 16.5. The van der Waals surface area contributed by atoms with Crippen molar-refractivity contribution in [2.45, 2.75) is 26.2 Å². The predicted molar refractivity (Wildman–Crippen MR) is 86.4 cm³/mol. The lowest BCUT2D eigenvalue weighted by atomic mass is 9.87.